The fourth-order valence-electron chi connectivity index (χ4n) is 2.38. The molecule has 0 amide bonds. The van der Waals surface area contributed by atoms with Gasteiger partial charge in [0.2, 0.25) is 0 Å². The van der Waals surface area contributed by atoms with Crippen LogP contribution in [0.2, 0.25) is 0 Å². The van der Waals surface area contributed by atoms with Gasteiger partial charge in [-0.1, -0.05) is 15.9 Å². The summed E-state index contributed by atoms with van der Waals surface area (Å²) in [7, 11) is 0. The van der Waals surface area contributed by atoms with Crippen LogP contribution in [0.25, 0.3) is 0 Å². The summed E-state index contributed by atoms with van der Waals surface area (Å²) in [6.45, 7) is 2.24. The van der Waals surface area contributed by atoms with Gasteiger partial charge in [-0.2, -0.15) is 0 Å². The Morgan fingerprint density at radius 3 is 3.00 bits per heavy atom. The largest absolute Gasteiger partial charge is 0.385 e. The fourth-order valence-corrected chi connectivity index (χ4v) is 2.76. The molecule has 16 heavy (non-hydrogen) atoms. The molecule has 1 aliphatic heterocycles. The van der Waals surface area contributed by atoms with E-state index in [1.165, 1.54) is 35.0 Å². The summed E-state index contributed by atoms with van der Waals surface area (Å²) < 4.78 is 1.19. The molecular formula is C13H17BrN2. The molecule has 1 aromatic rings. The van der Waals surface area contributed by atoms with Crippen molar-refractivity contribution >= 4 is 21.6 Å². The topological polar surface area (TPSA) is 24.1 Å². The molecule has 86 valence electrons. The van der Waals surface area contributed by atoms with Gasteiger partial charge in [-0.15, -0.1) is 0 Å². The van der Waals surface area contributed by atoms with Crippen molar-refractivity contribution < 1.29 is 0 Å². The van der Waals surface area contributed by atoms with E-state index >= 15 is 0 Å². The van der Waals surface area contributed by atoms with Crippen LogP contribution in [0.4, 0.5) is 5.69 Å². The Bertz CT molecular complexity index is 388. The second kappa shape index (κ2) is 4.38. The first-order valence-electron chi connectivity index (χ1n) is 6.09. The Hall–Kier alpha value is -0.540. The number of benzene rings is 1. The van der Waals surface area contributed by atoms with Crippen LogP contribution < -0.4 is 10.6 Å². The lowest BCUT2D eigenvalue weighted by molar-refractivity contribution is 0.549. The zero-order valence-corrected chi connectivity index (χ0v) is 10.9. The van der Waals surface area contributed by atoms with E-state index < -0.39 is 0 Å². The van der Waals surface area contributed by atoms with E-state index in [9.17, 15) is 0 Å². The second-order valence-electron chi connectivity index (χ2n) is 4.83. The van der Waals surface area contributed by atoms with Crippen LogP contribution in [0.3, 0.4) is 0 Å². The van der Waals surface area contributed by atoms with Crippen molar-refractivity contribution in [3.8, 4) is 0 Å². The van der Waals surface area contributed by atoms with Gasteiger partial charge in [0.05, 0.1) is 0 Å². The van der Waals surface area contributed by atoms with Gasteiger partial charge >= 0.3 is 0 Å². The van der Waals surface area contributed by atoms with E-state index in [2.05, 4.69) is 44.8 Å². The molecule has 1 saturated carbocycles. The average molecular weight is 281 g/mol. The molecule has 3 heteroatoms. The van der Waals surface area contributed by atoms with Gasteiger partial charge in [0.25, 0.3) is 0 Å². The Labute approximate surface area is 105 Å². The molecule has 3 rings (SSSR count). The van der Waals surface area contributed by atoms with Gasteiger partial charge in [0.1, 0.15) is 0 Å². The lowest BCUT2D eigenvalue weighted by atomic mass is 9.91. The quantitative estimate of drug-likeness (QED) is 0.889. The maximum Gasteiger partial charge on any atom is 0.0376 e. The molecule has 1 fully saturated rings. The van der Waals surface area contributed by atoms with Crippen molar-refractivity contribution in [2.45, 2.75) is 31.2 Å². The van der Waals surface area contributed by atoms with E-state index in [0.29, 0.717) is 5.92 Å². The van der Waals surface area contributed by atoms with Crippen LogP contribution in [0.1, 0.15) is 30.7 Å². The lowest BCUT2D eigenvalue weighted by Gasteiger charge is -2.27. The second-order valence-corrected chi connectivity index (χ2v) is 5.74. The SMILES string of the molecule is Brc1ccc2c(c1)C(CNC1CC1)CCN2. The molecule has 2 nitrogen and oxygen atoms in total. The first-order valence-corrected chi connectivity index (χ1v) is 6.89. The van der Waals surface area contributed by atoms with E-state index in [1.807, 2.05) is 0 Å². The molecule has 1 unspecified atom stereocenters. The van der Waals surface area contributed by atoms with Crippen molar-refractivity contribution in [2.24, 2.45) is 0 Å². The molecule has 1 atom stereocenters. The predicted molar refractivity (Wildman–Crippen MR) is 71.0 cm³/mol. The van der Waals surface area contributed by atoms with E-state index in [-0.39, 0.29) is 0 Å². The van der Waals surface area contributed by atoms with Gasteiger partial charge < -0.3 is 10.6 Å². The Kier molecular flexibility index (Phi) is 2.90. The third-order valence-electron chi connectivity index (χ3n) is 3.49. The first-order chi connectivity index (χ1) is 7.83. The monoisotopic (exact) mass is 280 g/mol. The molecule has 0 bridgehead atoms. The molecule has 0 spiro atoms. The van der Waals surface area contributed by atoms with Crippen LogP contribution in [0, 0.1) is 0 Å². The number of anilines is 1. The molecule has 2 N–H and O–H groups in total. The van der Waals surface area contributed by atoms with E-state index in [0.717, 1.165) is 19.1 Å². The van der Waals surface area contributed by atoms with Gasteiger partial charge in [-0.05, 0) is 43.0 Å². The Morgan fingerprint density at radius 2 is 2.19 bits per heavy atom. The molecular weight excluding hydrogens is 264 g/mol. The number of hydrogen-bond acceptors (Lipinski definition) is 2. The van der Waals surface area contributed by atoms with Crippen LogP contribution in [-0.4, -0.2) is 19.1 Å². The smallest absolute Gasteiger partial charge is 0.0376 e. The first kappa shape index (κ1) is 10.6. The molecule has 1 heterocycles. The number of halogens is 1. The van der Waals surface area contributed by atoms with Crippen LogP contribution in [0.5, 0.6) is 0 Å². The van der Waals surface area contributed by atoms with E-state index in [4.69, 9.17) is 0 Å². The summed E-state index contributed by atoms with van der Waals surface area (Å²) in [6, 6.07) is 7.37. The molecule has 1 aliphatic carbocycles. The van der Waals surface area contributed by atoms with Gasteiger partial charge in [0, 0.05) is 35.2 Å². The maximum atomic E-state index is 3.64. The highest BCUT2D eigenvalue weighted by atomic mass is 79.9. The Morgan fingerprint density at radius 1 is 1.31 bits per heavy atom. The molecule has 0 saturated heterocycles. The predicted octanol–water partition coefficient (Wildman–Crippen LogP) is 3.10. The zero-order valence-electron chi connectivity index (χ0n) is 9.30. The summed E-state index contributed by atoms with van der Waals surface area (Å²) in [5, 5.41) is 7.12. The summed E-state index contributed by atoms with van der Waals surface area (Å²) in [5.41, 5.74) is 2.78. The van der Waals surface area contributed by atoms with Gasteiger partial charge in [-0.25, -0.2) is 0 Å². The third-order valence-corrected chi connectivity index (χ3v) is 3.99. The number of fused-ring (bicyclic) bond motifs is 1. The van der Waals surface area contributed by atoms with Crippen molar-refractivity contribution in [1.82, 2.24) is 5.32 Å². The van der Waals surface area contributed by atoms with Crippen molar-refractivity contribution in [2.75, 3.05) is 18.4 Å². The van der Waals surface area contributed by atoms with Crippen molar-refractivity contribution in [3.63, 3.8) is 0 Å². The third kappa shape index (κ3) is 2.25. The number of nitrogens with one attached hydrogen (secondary N) is 2. The fraction of sp³-hybridized carbons (Fsp3) is 0.538. The highest BCUT2D eigenvalue weighted by Gasteiger charge is 2.25. The molecule has 0 radical (unpaired) electrons. The minimum atomic E-state index is 0.675. The number of hydrogen-bond donors (Lipinski definition) is 2. The maximum absolute atomic E-state index is 3.64. The standard InChI is InChI=1S/C13H17BrN2/c14-10-1-4-13-12(7-10)9(5-6-15-13)8-16-11-2-3-11/h1,4,7,9,11,15-16H,2-3,5-6,8H2. The molecule has 0 aromatic heterocycles. The zero-order chi connectivity index (χ0) is 11.0. The highest BCUT2D eigenvalue weighted by molar-refractivity contribution is 9.10. The van der Waals surface area contributed by atoms with Crippen molar-refractivity contribution in [3.05, 3.63) is 28.2 Å². The molecule has 2 aliphatic rings. The Balaban J connectivity index is 1.77. The van der Waals surface area contributed by atoms with Gasteiger partial charge in [0.15, 0.2) is 0 Å². The summed E-state index contributed by atoms with van der Waals surface area (Å²) in [6.07, 6.45) is 3.98. The van der Waals surface area contributed by atoms with Crippen molar-refractivity contribution in [1.29, 1.82) is 0 Å². The number of rotatable bonds is 3. The van der Waals surface area contributed by atoms with Crippen LogP contribution >= 0.6 is 15.9 Å². The van der Waals surface area contributed by atoms with Gasteiger partial charge in [-0.3, -0.25) is 0 Å². The lowest BCUT2D eigenvalue weighted by Crippen LogP contribution is -2.28. The highest BCUT2D eigenvalue weighted by Crippen LogP contribution is 2.33. The minimum absolute atomic E-state index is 0.675. The van der Waals surface area contributed by atoms with Crippen LogP contribution in [0.15, 0.2) is 22.7 Å². The van der Waals surface area contributed by atoms with E-state index in [1.54, 1.807) is 0 Å². The normalized spacial score (nSPS) is 23.7. The summed E-state index contributed by atoms with van der Waals surface area (Å²) >= 11 is 3.56. The minimum Gasteiger partial charge on any atom is -0.385 e. The molecule has 1 aromatic carbocycles. The van der Waals surface area contributed by atoms with Crippen LogP contribution in [-0.2, 0) is 0 Å². The summed E-state index contributed by atoms with van der Waals surface area (Å²) in [4.78, 5) is 0. The average Bonchev–Trinajstić information content (AvgIpc) is 3.10. The summed E-state index contributed by atoms with van der Waals surface area (Å²) in [5.74, 6) is 0.675.